The lowest BCUT2D eigenvalue weighted by atomic mass is 9.80. The van der Waals surface area contributed by atoms with Gasteiger partial charge in [0.1, 0.15) is 0 Å². The largest absolute Gasteiger partial charge is 0.376 e. The minimum Gasteiger partial charge on any atom is -0.376 e. The number of nitrogens with two attached hydrogens (primary N) is 1. The third-order valence-electron chi connectivity index (χ3n) is 4.74. The zero-order valence-corrected chi connectivity index (χ0v) is 13.7. The maximum atomic E-state index is 6.13. The second-order valence-corrected chi connectivity index (χ2v) is 6.32. The smallest absolute Gasteiger partial charge is 0.0810 e. The van der Waals surface area contributed by atoms with Gasteiger partial charge in [-0.1, -0.05) is 43.0 Å². The van der Waals surface area contributed by atoms with Crippen LogP contribution < -0.4 is 11.3 Å². The summed E-state index contributed by atoms with van der Waals surface area (Å²) in [6.45, 7) is 7.11. The van der Waals surface area contributed by atoms with E-state index in [9.17, 15) is 0 Å². The minimum atomic E-state index is 0.0775. The second-order valence-electron chi connectivity index (χ2n) is 6.32. The van der Waals surface area contributed by atoms with Crippen molar-refractivity contribution in [3.05, 3.63) is 34.9 Å². The highest BCUT2D eigenvalue weighted by atomic mass is 16.5. The number of benzene rings is 1. The van der Waals surface area contributed by atoms with E-state index in [2.05, 4.69) is 44.4 Å². The lowest BCUT2D eigenvalue weighted by molar-refractivity contribution is -0.0185. The number of hydrogen-bond donors (Lipinski definition) is 2. The summed E-state index contributed by atoms with van der Waals surface area (Å²) >= 11 is 0. The van der Waals surface area contributed by atoms with E-state index in [1.807, 2.05) is 0 Å². The second kappa shape index (κ2) is 7.92. The molecular formula is C18H30N2O. The van der Waals surface area contributed by atoms with Crippen molar-refractivity contribution in [3.8, 4) is 0 Å². The van der Waals surface area contributed by atoms with E-state index < -0.39 is 0 Å². The third-order valence-corrected chi connectivity index (χ3v) is 4.74. The zero-order chi connectivity index (χ0) is 15.2. The standard InChI is InChI=1S/C18H30N2O/c1-4-21-18(15-8-6-5-7-9-15)17(20-19)16-11-10-13(2)12-14(16)3/h10-12,15,17-18,20H,4-9,19H2,1-3H3. The van der Waals surface area contributed by atoms with Crippen molar-refractivity contribution in [1.29, 1.82) is 0 Å². The molecule has 0 aromatic heterocycles. The van der Waals surface area contributed by atoms with Crippen LogP contribution in [0.15, 0.2) is 18.2 Å². The van der Waals surface area contributed by atoms with Crippen LogP contribution in [-0.2, 0) is 4.74 Å². The first kappa shape index (κ1) is 16.5. The summed E-state index contributed by atoms with van der Waals surface area (Å²) in [5.74, 6) is 6.53. The van der Waals surface area contributed by atoms with Crippen LogP contribution in [0.25, 0.3) is 0 Å². The maximum Gasteiger partial charge on any atom is 0.0810 e. The molecular weight excluding hydrogens is 260 g/mol. The number of rotatable bonds is 6. The Balaban J connectivity index is 2.25. The molecule has 1 saturated carbocycles. The van der Waals surface area contributed by atoms with Crippen LogP contribution >= 0.6 is 0 Å². The van der Waals surface area contributed by atoms with Crippen LogP contribution in [0.5, 0.6) is 0 Å². The highest BCUT2D eigenvalue weighted by Crippen LogP contribution is 2.35. The predicted octanol–water partition coefficient (Wildman–Crippen LogP) is 3.79. The van der Waals surface area contributed by atoms with Gasteiger partial charge in [0.2, 0.25) is 0 Å². The Morgan fingerprint density at radius 3 is 2.52 bits per heavy atom. The van der Waals surface area contributed by atoms with Gasteiger partial charge in [0.25, 0.3) is 0 Å². The zero-order valence-electron chi connectivity index (χ0n) is 13.7. The molecule has 2 unspecified atom stereocenters. The molecule has 0 spiro atoms. The van der Waals surface area contributed by atoms with E-state index in [0.717, 1.165) is 6.61 Å². The molecule has 1 aromatic carbocycles. The van der Waals surface area contributed by atoms with Crippen molar-refractivity contribution in [2.24, 2.45) is 11.8 Å². The summed E-state index contributed by atoms with van der Waals surface area (Å²) in [5, 5.41) is 0. The number of hydrogen-bond acceptors (Lipinski definition) is 3. The van der Waals surface area contributed by atoms with Crippen molar-refractivity contribution < 1.29 is 4.74 Å². The SMILES string of the molecule is CCOC(C1CCCCC1)C(NN)c1ccc(C)cc1C. The van der Waals surface area contributed by atoms with Crippen molar-refractivity contribution in [1.82, 2.24) is 5.43 Å². The molecule has 21 heavy (non-hydrogen) atoms. The van der Waals surface area contributed by atoms with Gasteiger partial charge in [-0.25, -0.2) is 0 Å². The van der Waals surface area contributed by atoms with Crippen molar-refractivity contribution in [2.75, 3.05) is 6.61 Å². The normalized spacial score (nSPS) is 19.4. The molecule has 118 valence electrons. The Morgan fingerprint density at radius 1 is 1.24 bits per heavy atom. The molecule has 1 fully saturated rings. The predicted molar refractivity (Wildman–Crippen MR) is 88.0 cm³/mol. The van der Waals surface area contributed by atoms with Gasteiger partial charge in [0.15, 0.2) is 0 Å². The molecule has 0 heterocycles. The Kier molecular flexibility index (Phi) is 6.22. The molecule has 0 bridgehead atoms. The molecule has 1 aliphatic carbocycles. The number of nitrogens with one attached hydrogen (secondary N) is 1. The van der Waals surface area contributed by atoms with Crippen molar-refractivity contribution in [2.45, 2.75) is 65.0 Å². The van der Waals surface area contributed by atoms with E-state index in [0.29, 0.717) is 5.92 Å². The van der Waals surface area contributed by atoms with Gasteiger partial charge >= 0.3 is 0 Å². The summed E-state index contributed by atoms with van der Waals surface area (Å²) < 4.78 is 6.13. The van der Waals surface area contributed by atoms with Crippen LogP contribution in [0, 0.1) is 19.8 Å². The lowest BCUT2D eigenvalue weighted by Gasteiger charge is -2.36. The van der Waals surface area contributed by atoms with Crippen molar-refractivity contribution in [3.63, 3.8) is 0 Å². The third kappa shape index (κ3) is 4.06. The van der Waals surface area contributed by atoms with Crippen LogP contribution in [0.2, 0.25) is 0 Å². The van der Waals surface area contributed by atoms with Gasteiger partial charge in [0, 0.05) is 6.61 Å². The first-order valence-electron chi connectivity index (χ1n) is 8.32. The summed E-state index contributed by atoms with van der Waals surface area (Å²) in [7, 11) is 0. The summed E-state index contributed by atoms with van der Waals surface area (Å²) in [4.78, 5) is 0. The topological polar surface area (TPSA) is 47.3 Å². The minimum absolute atomic E-state index is 0.0775. The molecule has 0 saturated heterocycles. The fraction of sp³-hybridized carbons (Fsp3) is 0.667. The van der Waals surface area contributed by atoms with Crippen LogP contribution in [0.3, 0.4) is 0 Å². The fourth-order valence-electron chi connectivity index (χ4n) is 3.70. The van der Waals surface area contributed by atoms with Crippen molar-refractivity contribution >= 4 is 0 Å². The van der Waals surface area contributed by atoms with Gasteiger partial charge in [-0.3, -0.25) is 11.3 Å². The van der Waals surface area contributed by atoms with E-state index in [4.69, 9.17) is 10.6 Å². The van der Waals surface area contributed by atoms with Gasteiger partial charge < -0.3 is 4.74 Å². The highest BCUT2D eigenvalue weighted by molar-refractivity contribution is 5.33. The number of aryl methyl sites for hydroxylation is 2. The monoisotopic (exact) mass is 290 g/mol. The molecule has 3 N–H and O–H groups in total. The molecule has 3 heteroatoms. The van der Waals surface area contributed by atoms with Gasteiger partial charge in [-0.15, -0.1) is 0 Å². The number of hydrazine groups is 1. The summed E-state index contributed by atoms with van der Waals surface area (Å²) in [6, 6.07) is 6.66. The average molecular weight is 290 g/mol. The van der Waals surface area contributed by atoms with E-state index in [-0.39, 0.29) is 12.1 Å². The molecule has 3 nitrogen and oxygen atoms in total. The van der Waals surface area contributed by atoms with E-state index >= 15 is 0 Å². The Hall–Kier alpha value is -0.900. The van der Waals surface area contributed by atoms with Crippen LogP contribution in [-0.4, -0.2) is 12.7 Å². The summed E-state index contributed by atoms with van der Waals surface area (Å²) in [5.41, 5.74) is 6.89. The van der Waals surface area contributed by atoms with E-state index in [1.165, 1.54) is 48.8 Å². The van der Waals surface area contributed by atoms with Gasteiger partial charge in [0.05, 0.1) is 12.1 Å². The Morgan fingerprint density at radius 2 is 1.95 bits per heavy atom. The Bertz CT molecular complexity index is 441. The van der Waals surface area contributed by atoms with E-state index in [1.54, 1.807) is 0 Å². The average Bonchev–Trinajstić information content (AvgIpc) is 2.50. The number of ether oxygens (including phenoxy) is 1. The lowest BCUT2D eigenvalue weighted by Crippen LogP contribution is -2.43. The molecule has 0 radical (unpaired) electrons. The summed E-state index contributed by atoms with van der Waals surface area (Å²) in [6.07, 6.45) is 6.68. The molecule has 0 amide bonds. The molecule has 2 atom stereocenters. The Labute approximate surface area is 129 Å². The molecule has 1 aromatic rings. The molecule has 0 aliphatic heterocycles. The van der Waals surface area contributed by atoms with Crippen LogP contribution in [0.4, 0.5) is 0 Å². The highest BCUT2D eigenvalue weighted by Gasteiger charge is 2.32. The fourth-order valence-corrected chi connectivity index (χ4v) is 3.70. The first-order valence-corrected chi connectivity index (χ1v) is 8.32. The molecule has 2 rings (SSSR count). The van der Waals surface area contributed by atoms with Crippen LogP contribution in [0.1, 0.15) is 61.8 Å². The van der Waals surface area contributed by atoms with Gasteiger partial charge in [-0.2, -0.15) is 0 Å². The molecule has 1 aliphatic rings. The maximum absolute atomic E-state index is 6.13. The van der Waals surface area contributed by atoms with Gasteiger partial charge in [-0.05, 0) is 50.7 Å². The first-order chi connectivity index (χ1) is 10.2. The quantitative estimate of drug-likeness (QED) is 0.619.